The van der Waals surface area contributed by atoms with Crippen molar-refractivity contribution in [2.45, 2.75) is 38.3 Å². The summed E-state index contributed by atoms with van der Waals surface area (Å²) in [5.41, 5.74) is 1.23. The largest absolute Gasteiger partial charge is 0.381 e. The van der Waals surface area contributed by atoms with Crippen molar-refractivity contribution in [2.75, 3.05) is 18.5 Å². The van der Waals surface area contributed by atoms with Crippen LogP contribution in [-0.4, -0.2) is 23.8 Å². The number of pyridine rings is 1. The highest BCUT2D eigenvalue weighted by Gasteiger charge is 2.23. The standard InChI is InChI=1S/C21H22FN3O2/c22-19-11-15(3-4-20(19)24-16-6-9-27-10-7-16)17-5-8-25(13-14-1-2-14)21(26)18(17)12-23/h3-5,8,11,14,16,24H,1-2,6-7,9-10,13H2. The van der Waals surface area contributed by atoms with Crippen molar-refractivity contribution in [3.63, 3.8) is 0 Å². The molecule has 0 spiro atoms. The van der Waals surface area contributed by atoms with Gasteiger partial charge in [-0.25, -0.2) is 4.39 Å². The highest BCUT2D eigenvalue weighted by Crippen LogP contribution is 2.31. The molecule has 1 saturated heterocycles. The summed E-state index contributed by atoms with van der Waals surface area (Å²) in [7, 11) is 0. The van der Waals surface area contributed by atoms with Gasteiger partial charge in [-0.1, -0.05) is 6.07 Å². The highest BCUT2D eigenvalue weighted by atomic mass is 19.1. The maximum absolute atomic E-state index is 14.6. The molecular formula is C21H22FN3O2. The lowest BCUT2D eigenvalue weighted by Gasteiger charge is -2.24. The summed E-state index contributed by atoms with van der Waals surface area (Å²) in [6.07, 6.45) is 5.66. The molecule has 4 rings (SSSR count). The van der Waals surface area contributed by atoms with Crippen LogP contribution in [0, 0.1) is 23.1 Å². The molecule has 1 aromatic heterocycles. The number of aromatic nitrogens is 1. The van der Waals surface area contributed by atoms with Gasteiger partial charge in [0.2, 0.25) is 0 Å². The van der Waals surface area contributed by atoms with Gasteiger partial charge in [-0.3, -0.25) is 4.79 Å². The molecule has 0 bridgehead atoms. The lowest BCUT2D eigenvalue weighted by molar-refractivity contribution is 0.0904. The minimum absolute atomic E-state index is 0.0719. The van der Waals surface area contributed by atoms with Crippen LogP contribution in [0.25, 0.3) is 11.1 Å². The van der Waals surface area contributed by atoms with E-state index in [1.165, 1.54) is 6.07 Å². The predicted octanol–water partition coefficient (Wildman–Crippen LogP) is 3.53. The van der Waals surface area contributed by atoms with Gasteiger partial charge in [0, 0.05) is 37.6 Å². The van der Waals surface area contributed by atoms with Crippen LogP contribution >= 0.6 is 0 Å². The van der Waals surface area contributed by atoms with Crippen molar-refractivity contribution in [3.05, 3.63) is 52.2 Å². The molecule has 0 radical (unpaired) electrons. The average molecular weight is 367 g/mol. The molecule has 2 aliphatic rings. The topological polar surface area (TPSA) is 67.0 Å². The zero-order valence-corrected chi connectivity index (χ0v) is 15.1. The van der Waals surface area contributed by atoms with E-state index in [1.807, 2.05) is 6.07 Å². The Morgan fingerprint density at radius 2 is 2.00 bits per heavy atom. The van der Waals surface area contributed by atoms with Gasteiger partial charge >= 0.3 is 0 Å². The summed E-state index contributed by atoms with van der Waals surface area (Å²) in [4.78, 5) is 12.6. The van der Waals surface area contributed by atoms with Crippen LogP contribution in [-0.2, 0) is 11.3 Å². The number of nitrogens with zero attached hydrogens (tertiary/aromatic N) is 2. The lowest BCUT2D eigenvalue weighted by Crippen LogP contribution is -2.28. The summed E-state index contributed by atoms with van der Waals surface area (Å²) < 4.78 is 21.5. The second-order valence-corrected chi connectivity index (χ2v) is 7.34. The van der Waals surface area contributed by atoms with E-state index in [4.69, 9.17) is 4.74 Å². The summed E-state index contributed by atoms with van der Waals surface area (Å²) in [6.45, 7) is 2.01. The van der Waals surface area contributed by atoms with E-state index in [-0.39, 0.29) is 23.0 Å². The van der Waals surface area contributed by atoms with Crippen LogP contribution in [0.5, 0.6) is 0 Å². The van der Waals surface area contributed by atoms with E-state index in [1.54, 1.807) is 29.0 Å². The first kappa shape index (κ1) is 17.7. The number of nitriles is 1. The van der Waals surface area contributed by atoms with E-state index in [0.29, 0.717) is 42.5 Å². The number of halogens is 1. The monoisotopic (exact) mass is 367 g/mol. The number of hydrogen-bond acceptors (Lipinski definition) is 4. The van der Waals surface area contributed by atoms with E-state index < -0.39 is 0 Å². The van der Waals surface area contributed by atoms with Crippen LogP contribution < -0.4 is 10.9 Å². The number of benzene rings is 1. The molecule has 1 aromatic carbocycles. The molecule has 1 saturated carbocycles. The Morgan fingerprint density at radius 3 is 2.67 bits per heavy atom. The second-order valence-electron chi connectivity index (χ2n) is 7.34. The van der Waals surface area contributed by atoms with Gasteiger partial charge in [-0.2, -0.15) is 5.26 Å². The third kappa shape index (κ3) is 3.88. The van der Waals surface area contributed by atoms with Crippen molar-refractivity contribution in [3.8, 4) is 17.2 Å². The SMILES string of the molecule is N#Cc1c(-c2ccc(NC3CCOCC3)c(F)c2)ccn(CC2CC2)c1=O. The van der Waals surface area contributed by atoms with Crippen LogP contribution in [0.3, 0.4) is 0 Å². The highest BCUT2D eigenvalue weighted by molar-refractivity contribution is 5.71. The molecule has 5 nitrogen and oxygen atoms in total. The summed E-state index contributed by atoms with van der Waals surface area (Å²) >= 11 is 0. The molecule has 27 heavy (non-hydrogen) atoms. The molecule has 0 atom stereocenters. The third-order valence-corrected chi connectivity index (χ3v) is 5.29. The van der Waals surface area contributed by atoms with Crippen LogP contribution in [0.4, 0.5) is 10.1 Å². The van der Waals surface area contributed by atoms with Gasteiger partial charge in [0.05, 0.1) is 5.69 Å². The number of anilines is 1. The molecule has 2 aromatic rings. The fraction of sp³-hybridized carbons (Fsp3) is 0.429. The predicted molar refractivity (Wildman–Crippen MR) is 101 cm³/mol. The van der Waals surface area contributed by atoms with E-state index in [2.05, 4.69) is 5.32 Å². The average Bonchev–Trinajstić information content (AvgIpc) is 3.50. The van der Waals surface area contributed by atoms with Crippen LogP contribution in [0.2, 0.25) is 0 Å². The van der Waals surface area contributed by atoms with Gasteiger partial charge in [0.25, 0.3) is 5.56 Å². The minimum atomic E-state index is -0.384. The van der Waals surface area contributed by atoms with Gasteiger partial charge in [0.1, 0.15) is 17.4 Å². The van der Waals surface area contributed by atoms with E-state index in [0.717, 1.165) is 25.7 Å². The Hall–Kier alpha value is -2.65. The molecular weight excluding hydrogens is 345 g/mol. The Balaban J connectivity index is 1.61. The Bertz CT molecular complexity index is 937. The maximum Gasteiger partial charge on any atom is 0.269 e. The Morgan fingerprint density at radius 1 is 1.22 bits per heavy atom. The number of hydrogen-bond donors (Lipinski definition) is 1. The molecule has 1 aliphatic heterocycles. The number of ether oxygens (including phenoxy) is 1. The van der Waals surface area contributed by atoms with Crippen molar-refractivity contribution in [1.82, 2.24) is 4.57 Å². The van der Waals surface area contributed by atoms with Crippen LogP contribution in [0.15, 0.2) is 35.3 Å². The molecule has 6 heteroatoms. The second kappa shape index (κ2) is 7.53. The Kier molecular flexibility index (Phi) is 4.95. The zero-order chi connectivity index (χ0) is 18.8. The van der Waals surface area contributed by atoms with E-state index in [9.17, 15) is 14.4 Å². The van der Waals surface area contributed by atoms with Gasteiger partial charge in [-0.05, 0) is 55.4 Å². The molecule has 140 valence electrons. The summed E-state index contributed by atoms with van der Waals surface area (Å²) in [5.74, 6) is 0.151. The zero-order valence-electron chi connectivity index (χ0n) is 15.1. The molecule has 0 amide bonds. The molecule has 1 aliphatic carbocycles. The molecule has 1 N–H and O–H groups in total. The lowest BCUT2D eigenvalue weighted by atomic mass is 10.0. The normalized spacial score (nSPS) is 17.5. The number of nitrogens with one attached hydrogen (secondary N) is 1. The van der Waals surface area contributed by atoms with Crippen molar-refractivity contribution < 1.29 is 9.13 Å². The first-order valence-electron chi connectivity index (χ1n) is 9.43. The first-order valence-corrected chi connectivity index (χ1v) is 9.43. The van der Waals surface area contributed by atoms with Crippen molar-refractivity contribution in [1.29, 1.82) is 5.26 Å². The van der Waals surface area contributed by atoms with Gasteiger partial charge in [0.15, 0.2) is 0 Å². The van der Waals surface area contributed by atoms with E-state index >= 15 is 0 Å². The van der Waals surface area contributed by atoms with Crippen LogP contribution in [0.1, 0.15) is 31.2 Å². The first-order chi connectivity index (χ1) is 13.2. The van der Waals surface area contributed by atoms with Gasteiger partial charge in [-0.15, -0.1) is 0 Å². The summed E-state index contributed by atoms with van der Waals surface area (Å²) in [6, 6.07) is 8.77. The fourth-order valence-electron chi connectivity index (χ4n) is 3.51. The number of rotatable bonds is 5. The van der Waals surface area contributed by atoms with Crippen molar-refractivity contribution >= 4 is 5.69 Å². The van der Waals surface area contributed by atoms with Gasteiger partial charge < -0.3 is 14.6 Å². The third-order valence-electron chi connectivity index (χ3n) is 5.29. The summed E-state index contributed by atoms with van der Waals surface area (Å²) in [5, 5.41) is 12.7. The quantitative estimate of drug-likeness (QED) is 0.878. The fourth-order valence-corrected chi connectivity index (χ4v) is 3.51. The molecule has 2 heterocycles. The molecule has 2 fully saturated rings. The maximum atomic E-state index is 14.6. The molecule has 0 unspecified atom stereocenters. The smallest absolute Gasteiger partial charge is 0.269 e. The minimum Gasteiger partial charge on any atom is -0.381 e. The Labute approximate surface area is 157 Å². The van der Waals surface area contributed by atoms with Crippen molar-refractivity contribution in [2.24, 2.45) is 5.92 Å².